The summed E-state index contributed by atoms with van der Waals surface area (Å²) in [5.74, 6) is 0.629. The van der Waals surface area contributed by atoms with E-state index in [1.807, 2.05) is 20.1 Å². The Morgan fingerprint density at radius 1 is 1.28 bits per heavy atom. The summed E-state index contributed by atoms with van der Waals surface area (Å²) in [7, 11) is 0. The Kier molecular flexibility index (Phi) is 9.55. The number of thioether (sulfide) groups is 1. The highest BCUT2D eigenvalue weighted by Gasteiger charge is 2.22. The largest absolute Gasteiger partial charge is 0.464 e. The van der Waals surface area contributed by atoms with Crippen molar-refractivity contribution in [3.63, 3.8) is 0 Å². The van der Waals surface area contributed by atoms with Crippen LogP contribution >= 0.6 is 11.8 Å². The third kappa shape index (κ3) is 8.22. The zero-order valence-corrected chi connectivity index (χ0v) is 12.3. The predicted octanol–water partition coefficient (Wildman–Crippen LogP) is 2.05. The van der Waals surface area contributed by atoms with Crippen molar-refractivity contribution < 1.29 is 19.1 Å². The minimum Gasteiger partial charge on any atom is -0.464 e. The van der Waals surface area contributed by atoms with E-state index in [0.29, 0.717) is 19.6 Å². The van der Waals surface area contributed by atoms with Crippen LogP contribution in [-0.4, -0.2) is 43.3 Å². The molecule has 0 spiro atoms. The number of amides is 1. The van der Waals surface area contributed by atoms with Gasteiger partial charge >= 0.3 is 12.1 Å². The molecule has 1 amide bonds. The molecule has 0 aromatic carbocycles. The molecule has 18 heavy (non-hydrogen) atoms. The quantitative estimate of drug-likeness (QED) is 0.688. The van der Waals surface area contributed by atoms with Crippen LogP contribution in [0.1, 0.15) is 27.2 Å². The van der Waals surface area contributed by atoms with E-state index in [4.69, 9.17) is 9.47 Å². The molecule has 0 bridgehead atoms. The molecule has 0 saturated heterocycles. The van der Waals surface area contributed by atoms with Crippen LogP contribution in [0.15, 0.2) is 0 Å². The van der Waals surface area contributed by atoms with Crippen molar-refractivity contribution in [2.75, 3.05) is 25.2 Å². The lowest BCUT2D eigenvalue weighted by atomic mass is 10.2. The van der Waals surface area contributed by atoms with Gasteiger partial charge in [0.05, 0.1) is 13.2 Å². The van der Waals surface area contributed by atoms with Crippen LogP contribution in [0.4, 0.5) is 4.79 Å². The number of rotatable bonds is 8. The average Bonchev–Trinajstić information content (AvgIpc) is 2.32. The van der Waals surface area contributed by atoms with E-state index in [-0.39, 0.29) is 5.92 Å². The van der Waals surface area contributed by atoms with Crippen molar-refractivity contribution in [3.8, 4) is 0 Å². The fourth-order valence-corrected chi connectivity index (χ4v) is 1.63. The molecule has 5 nitrogen and oxygen atoms in total. The van der Waals surface area contributed by atoms with E-state index >= 15 is 0 Å². The van der Waals surface area contributed by atoms with Crippen LogP contribution in [0.5, 0.6) is 0 Å². The zero-order valence-electron chi connectivity index (χ0n) is 11.5. The van der Waals surface area contributed by atoms with E-state index in [9.17, 15) is 9.59 Å². The number of hydrogen-bond acceptors (Lipinski definition) is 5. The van der Waals surface area contributed by atoms with Crippen LogP contribution in [-0.2, 0) is 14.3 Å². The minimum absolute atomic E-state index is 0.267. The van der Waals surface area contributed by atoms with Crippen molar-refractivity contribution in [2.45, 2.75) is 33.2 Å². The zero-order chi connectivity index (χ0) is 14.0. The molecule has 1 N–H and O–H groups in total. The molecular weight excluding hydrogens is 254 g/mol. The molecule has 0 aliphatic heterocycles. The Labute approximate surface area is 113 Å². The van der Waals surface area contributed by atoms with Gasteiger partial charge in [-0.05, 0) is 31.3 Å². The molecule has 0 radical (unpaired) electrons. The van der Waals surface area contributed by atoms with Gasteiger partial charge in [-0.3, -0.25) is 0 Å². The van der Waals surface area contributed by atoms with Gasteiger partial charge in [0.2, 0.25) is 0 Å². The Balaban J connectivity index is 4.21. The molecule has 0 aliphatic carbocycles. The summed E-state index contributed by atoms with van der Waals surface area (Å²) in [5, 5.41) is 2.54. The highest BCUT2D eigenvalue weighted by molar-refractivity contribution is 7.98. The molecule has 0 aliphatic rings. The van der Waals surface area contributed by atoms with Gasteiger partial charge in [0.25, 0.3) is 0 Å². The van der Waals surface area contributed by atoms with Crippen LogP contribution < -0.4 is 5.32 Å². The third-order valence-corrected chi connectivity index (χ3v) is 2.67. The van der Waals surface area contributed by atoms with E-state index in [1.165, 1.54) is 0 Å². The number of nitrogens with one attached hydrogen (secondary N) is 1. The van der Waals surface area contributed by atoms with Crippen molar-refractivity contribution >= 4 is 23.8 Å². The van der Waals surface area contributed by atoms with E-state index in [2.05, 4.69) is 5.32 Å². The van der Waals surface area contributed by atoms with Crippen molar-refractivity contribution in [1.29, 1.82) is 0 Å². The maximum Gasteiger partial charge on any atom is 0.407 e. The van der Waals surface area contributed by atoms with Gasteiger partial charge in [0, 0.05) is 0 Å². The Bertz CT molecular complexity index is 258. The summed E-state index contributed by atoms with van der Waals surface area (Å²) in [6.07, 6.45) is 1.92. The lowest BCUT2D eigenvalue weighted by molar-refractivity contribution is -0.145. The molecule has 0 heterocycles. The van der Waals surface area contributed by atoms with Gasteiger partial charge in [-0.15, -0.1) is 0 Å². The summed E-state index contributed by atoms with van der Waals surface area (Å²) >= 11 is 1.61. The van der Waals surface area contributed by atoms with Crippen molar-refractivity contribution in [3.05, 3.63) is 0 Å². The maximum atomic E-state index is 11.6. The lowest BCUT2D eigenvalue weighted by Crippen LogP contribution is -2.42. The Morgan fingerprint density at radius 3 is 2.44 bits per heavy atom. The summed E-state index contributed by atoms with van der Waals surface area (Å²) < 4.78 is 9.89. The Hall–Kier alpha value is -0.910. The summed E-state index contributed by atoms with van der Waals surface area (Å²) in [4.78, 5) is 23.1. The number of esters is 1. The summed E-state index contributed by atoms with van der Waals surface area (Å²) in [5.41, 5.74) is 0. The number of alkyl carbamates (subject to hydrolysis) is 1. The van der Waals surface area contributed by atoms with Crippen LogP contribution in [0.3, 0.4) is 0 Å². The predicted molar refractivity (Wildman–Crippen MR) is 72.7 cm³/mol. The molecule has 0 fully saturated rings. The maximum absolute atomic E-state index is 11.6. The lowest BCUT2D eigenvalue weighted by Gasteiger charge is -2.17. The smallest absolute Gasteiger partial charge is 0.407 e. The van der Waals surface area contributed by atoms with Gasteiger partial charge < -0.3 is 14.8 Å². The molecule has 106 valence electrons. The first kappa shape index (κ1) is 17.1. The highest BCUT2D eigenvalue weighted by atomic mass is 32.2. The van der Waals surface area contributed by atoms with Crippen LogP contribution in [0.25, 0.3) is 0 Å². The van der Waals surface area contributed by atoms with E-state index in [1.54, 1.807) is 18.7 Å². The van der Waals surface area contributed by atoms with Gasteiger partial charge in [-0.25, -0.2) is 9.59 Å². The van der Waals surface area contributed by atoms with Crippen molar-refractivity contribution in [1.82, 2.24) is 5.32 Å². The average molecular weight is 277 g/mol. The van der Waals surface area contributed by atoms with E-state index < -0.39 is 18.1 Å². The summed E-state index contributed by atoms with van der Waals surface area (Å²) in [6.45, 7) is 6.27. The summed E-state index contributed by atoms with van der Waals surface area (Å²) in [6, 6.07) is -0.628. The molecule has 1 unspecified atom stereocenters. The topological polar surface area (TPSA) is 64.6 Å². The fraction of sp³-hybridized carbons (Fsp3) is 0.833. The second kappa shape index (κ2) is 10.1. The van der Waals surface area contributed by atoms with Gasteiger partial charge in [0.1, 0.15) is 6.04 Å². The number of hydrogen-bond donors (Lipinski definition) is 1. The Morgan fingerprint density at radius 2 is 1.94 bits per heavy atom. The molecule has 6 heteroatoms. The second-order valence-electron chi connectivity index (χ2n) is 4.22. The third-order valence-electron chi connectivity index (χ3n) is 2.02. The normalized spacial score (nSPS) is 12.1. The first-order chi connectivity index (χ1) is 8.51. The first-order valence-corrected chi connectivity index (χ1v) is 7.49. The standard InChI is InChI=1S/C12H23NO4S/c1-5-16-11(14)10(6-7-18-4)13-12(15)17-8-9(2)3/h9-10H,5-8H2,1-4H3,(H,13,15). The van der Waals surface area contributed by atoms with Crippen LogP contribution in [0.2, 0.25) is 0 Å². The molecule has 0 rings (SSSR count). The van der Waals surface area contributed by atoms with E-state index in [0.717, 1.165) is 5.75 Å². The van der Waals surface area contributed by atoms with Gasteiger partial charge in [-0.2, -0.15) is 11.8 Å². The number of ether oxygens (including phenoxy) is 2. The highest BCUT2D eigenvalue weighted by Crippen LogP contribution is 2.03. The minimum atomic E-state index is -0.628. The fourth-order valence-electron chi connectivity index (χ4n) is 1.15. The molecule has 0 aromatic rings. The monoisotopic (exact) mass is 277 g/mol. The SMILES string of the molecule is CCOC(=O)C(CCSC)NC(=O)OCC(C)C. The molecule has 1 atom stereocenters. The van der Waals surface area contributed by atoms with Gasteiger partial charge in [-0.1, -0.05) is 13.8 Å². The second-order valence-corrected chi connectivity index (χ2v) is 5.21. The first-order valence-electron chi connectivity index (χ1n) is 6.10. The molecule has 0 saturated carbocycles. The number of carbonyl (C=O) groups excluding carboxylic acids is 2. The molecule has 0 aromatic heterocycles. The van der Waals surface area contributed by atoms with Gasteiger partial charge in [0.15, 0.2) is 0 Å². The number of carbonyl (C=O) groups is 2. The van der Waals surface area contributed by atoms with Crippen LogP contribution in [0, 0.1) is 5.92 Å². The molecular formula is C12H23NO4S. The van der Waals surface area contributed by atoms with Crippen molar-refractivity contribution in [2.24, 2.45) is 5.92 Å².